The molecule has 0 atom stereocenters. The predicted molar refractivity (Wildman–Crippen MR) is 31.6 cm³/mol. The third kappa shape index (κ3) is 1.10. The van der Waals surface area contributed by atoms with Gasteiger partial charge in [0.1, 0.15) is 0 Å². The molecule has 2 heteroatoms. The summed E-state index contributed by atoms with van der Waals surface area (Å²) in [5.41, 5.74) is -0.681. The number of hydrogen-bond donors (Lipinski definition) is 2. The van der Waals surface area contributed by atoms with Crippen molar-refractivity contribution in [1.29, 1.82) is 0 Å². The first kappa shape index (κ1) is 1.39. The number of aliphatic hydroxyl groups is 1. The highest BCUT2D eigenvalue weighted by Gasteiger charge is 1.86. The zero-order valence-corrected chi connectivity index (χ0v) is 3.97. The number of aromatic nitrogens is 1. The molecule has 1 heterocycles. The van der Waals surface area contributed by atoms with Gasteiger partial charge in [-0.1, -0.05) is 0 Å². The Morgan fingerprint density at radius 3 is 3.50 bits per heavy atom. The van der Waals surface area contributed by atoms with Gasteiger partial charge in [0.2, 0.25) is 0 Å². The van der Waals surface area contributed by atoms with Gasteiger partial charge in [-0.05, 0) is 12.1 Å². The molecule has 0 aliphatic carbocycles. The van der Waals surface area contributed by atoms with Crippen LogP contribution < -0.4 is 0 Å². The van der Waals surface area contributed by atoms with Crippen LogP contribution in [-0.2, 0) is 6.37 Å². The fourth-order valence-corrected chi connectivity index (χ4v) is 0.346. The second-order valence-electron chi connectivity index (χ2n) is 1.11. The Hall–Kier alpha value is -0.760. The maximum atomic E-state index is 8.97. The monoisotopic (exact) mass is 118 g/mol. The zero-order valence-electron chi connectivity index (χ0n) is 11.0. The van der Waals surface area contributed by atoms with E-state index in [4.69, 9.17) is 14.7 Å². The third-order valence-corrected chi connectivity index (χ3v) is 0.623. The van der Waals surface area contributed by atoms with Crippen molar-refractivity contribution in [3.63, 3.8) is 0 Å². The standard InChI is InChI=1S/C6H9NO/c8-5-3-6-2-1-4-7-6/h1-2,4,7-8H,3,5H2/i1D,2D,3D2,5D2/hD. The van der Waals surface area contributed by atoms with Gasteiger partial charge in [0, 0.05) is 27.6 Å². The summed E-state index contributed by atoms with van der Waals surface area (Å²) in [5.74, 6) is 0. The molecule has 1 aromatic heterocycles. The van der Waals surface area contributed by atoms with E-state index < -0.39 is 30.7 Å². The van der Waals surface area contributed by atoms with E-state index in [2.05, 4.69) is 0 Å². The number of aromatic amines is 1. The van der Waals surface area contributed by atoms with Crippen molar-refractivity contribution in [2.24, 2.45) is 0 Å². The van der Waals surface area contributed by atoms with E-state index in [0.29, 0.717) is 4.98 Å². The van der Waals surface area contributed by atoms with Crippen molar-refractivity contribution in [2.75, 3.05) is 6.56 Å². The van der Waals surface area contributed by atoms with Crippen molar-refractivity contribution in [3.05, 3.63) is 24.0 Å². The lowest BCUT2D eigenvalue weighted by Crippen LogP contribution is -1.88. The number of rotatable bonds is 2. The summed E-state index contributed by atoms with van der Waals surface area (Å²) >= 11 is 0. The Balaban J connectivity index is 3.39. The normalized spacial score (nSPS) is 25.9. The molecule has 1 rings (SSSR count). The molecule has 0 aromatic carbocycles. The molecule has 0 aliphatic rings. The highest BCUT2D eigenvalue weighted by atomic mass is 16.3. The molecule has 0 aliphatic heterocycles. The fraction of sp³-hybridized carbons (Fsp3) is 0.333. The predicted octanol–water partition coefficient (Wildman–Crippen LogP) is 0.550. The van der Waals surface area contributed by atoms with Crippen molar-refractivity contribution in [3.8, 4) is 0 Å². The van der Waals surface area contributed by atoms with Gasteiger partial charge in [-0.25, -0.2) is 0 Å². The van der Waals surface area contributed by atoms with Crippen LogP contribution in [-0.4, -0.2) is 16.6 Å². The first-order chi connectivity index (χ1) is 6.59. The van der Waals surface area contributed by atoms with Crippen LogP contribution in [0.4, 0.5) is 0 Å². The smallest absolute Gasteiger partial charge is 0.166 e. The van der Waals surface area contributed by atoms with Crippen LogP contribution >= 0.6 is 0 Å². The lowest BCUT2D eigenvalue weighted by molar-refractivity contribution is 0.298. The van der Waals surface area contributed by atoms with Crippen LogP contribution in [0.3, 0.4) is 0 Å². The molecular weight excluding hydrogens is 102 g/mol. The van der Waals surface area contributed by atoms with Gasteiger partial charge in [0.05, 0.1) is 5.48 Å². The van der Waals surface area contributed by atoms with Crippen LogP contribution in [0.25, 0.3) is 0 Å². The molecule has 0 bridgehead atoms. The summed E-state index contributed by atoms with van der Waals surface area (Å²) in [6, 6.07) is -0.999. The van der Waals surface area contributed by atoms with Crippen LogP contribution in [0.5, 0.6) is 0 Å². The largest absolute Gasteiger partial charge is 0.396 e. The molecule has 0 radical (unpaired) electrons. The summed E-state index contributed by atoms with van der Waals surface area (Å²) in [6.45, 7) is -3.22. The second-order valence-corrected chi connectivity index (χ2v) is 1.11. The molecule has 0 saturated heterocycles. The van der Waals surface area contributed by atoms with Gasteiger partial charge in [0.15, 0.2) is 1.41 Å². The van der Waals surface area contributed by atoms with E-state index in [1.165, 1.54) is 0 Å². The fourth-order valence-electron chi connectivity index (χ4n) is 0.346. The van der Waals surface area contributed by atoms with E-state index in [9.17, 15) is 0 Å². The molecule has 0 amide bonds. The first-order valence-corrected chi connectivity index (χ1v) is 1.99. The zero-order chi connectivity index (χ0) is 12.0. The average Bonchev–Trinajstić information content (AvgIpc) is 2.24. The summed E-state index contributed by atoms with van der Waals surface area (Å²) in [5, 5.41) is 8.97. The SMILES string of the molecule is [2H]c1cn([2H])c(C([2H])([2H])C([2H])([2H])O)c1[2H]. The van der Waals surface area contributed by atoms with Gasteiger partial charge >= 0.3 is 0 Å². The Morgan fingerprint density at radius 1 is 2.12 bits per heavy atom. The van der Waals surface area contributed by atoms with Crippen molar-refractivity contribution < 1.29 is 14.7 Å². The summed E-state index contributed by atoms with van der Waals surface area (Å²) in [6.07, 6.45) is -2.05. The van der Waals surface area contributed by atoms with Crippen LogP contribution in [0.2, 0.25) is 1.41 Å². The molecule has 0 spiro atoms. The topological polar surface area (TPSA) is 36.0 Å². The van der Waals surface area contributed by atoms with Crippen LogP contribution in [0.1, 0.15) is 13.9 Å². The lowest BCUT2D eigenvalue weighted by Gasteiger charge is -1.87. The Bertz CT molecular complexity index is 380. The maximum absolute atomic E-state index is 8.97. The van der Waals surface area contributed by atoms with Crippen molar-refractivity contribution in [2.45, 2.75) is 6.37 Å². The Kier molecular flexibility index (Phi) is 0.439. The highest BCUT2D eigenvalue weighted by molar-refractivity contribution is 5.03. The first-order valence-electron chi connectivity index (χ1n) is 5.44. The molecular formula is C6H9NO. The quantitative estimate of drug-likeness (QED) is 0.584. The Labute approximate surface area is 58.1 Å². The van der Waals surface area contributed by atoms with Gasteiger partial charge in [-0.2, -0.15) is 0 Å². The number of H-pyrrole nitrogens is 1. The minimum atomic E-state index is -3.22. The summed E-state index contributed by atoms with van der Waals surface area (Å²) in [7, 11) is 0. The Morgan fingerprint density at radius 2 is 3.00 bits per heavy atom. The molecule has 2 nitrogen and oxygen atoms in total. The minimum Gasteiger partial charge on any atom is -0.396 e. The molecule has 0 fully saturated rings. The van der Waals surface area contributed by atoms with Gasteiger partial charge in [-0.15, -0.1) is 0 Å². The van der Waals surface area contributed by atoms with Crippen molar-refractivity contribution >= 4 is 0 Å². The molecule has 44 valence electrons. The number of nitrogens with one attached hydrogen (secondary N) is 1. The molecule has 0 unspecified atom stereocenters. The number of hydrogen-bond acceptors (Lipinski definition) is 1. The molecule has 2 N–H and O–H groups in total. The van der Waals surface area contributed by atoms with E-state index in [-0.39, 0.29) is 0 Å². The maximum Gasteiger partial charge on any atom is 0.166 e. The van der Waals surface area contributed by atoms with Crippen molar-refractivity contribution in [1.82, 2.24) is 4.98 Å². The summed E-state index contributed by atoms with van der Waals surface area (Å²) in [4.78, 5) is 0.388. The lowest BCUT2D eigenvalue weighted by atomic mass is 10.3. The average molecular weight is 118 g/mol. The molecule has 0 saturated carbocycles. The second kappa shape index (κ2) is 2.52. The minimum absolute atomic E-state index is 0.388. The third-order valence-electron chi connectivity index (χ3n) is 0.623. The van der Waals surface area contributed by atoms with Gasteiger partial charge in [-0.3, -0.25) is 0 Å². The van der Waals surface area contributed by atoms with E-state index in [1.54, 1.807) is 0 Å². The van der Waals surface area contributed by atoms with Gasteiger partial charge in [0.25, 0.3) is 0 Å². The van der Waals surface area contributed by atoms with E-state index >= 15 is 0 Å². The highest BCUT2D eigenvalue weighted by Crippen LogP contribution is 1.92. The van der Waals surface area contributed by atoms with E-state index in [1.807, 2.05) is 0 Å². The van der Waals surface area contributed by atoms with Gasteiger partial charge < -0.3 is 10.1 Å². The van der Waals surface area contributed by atoms with E-state index in [0.717, 1.165) is 6.20 Å². The van der Waals surface area contributed by atoms with Crippen LogP contribution in [0, 0.1) is 0 Å². The van der Waals surface area contributed by atoms with Crippen LogP contribution in [0.15, 0.2) is 18.3 Å². The summed E-state index contributed by atoms with van der Waals surface area (Å²) < 4.78 is 50.1. The molecule has 1 aromatic rings. The molecule has 8 heavy (non-hydrogen) atoms.